The van der Waals surface area contributed by atoms with Crippen LogP contribution in [0.2, 0.25) is 0 Å². The molecule has 2 rings (SSSR count). The Hall–Kier alpha value is -0.400. The molecule has 10 heteroatoms. The number of rotatable bonds is 4. The van der Waals surface area contributed by atoms with Crippen LogP contribution in [0.3, 0.4) is 0 Å². The molecule has 0 spiro atoms. The average molecular weight is 324 g/mol. The third kappa shape index (κ3) is 3.57. The molecule has 2 heterocycles. The molecule has 2 radical (unpaired) electrons. The van der Waals surface area contributed by atoms with Crippen LogP contribution >= 0.6 is 0 Å². The van der Waals surface area contributed by atoms with Crippen molar-refractivity contribution < 1.29 is 50.0 Å². The first-order valence-electron chi connectivity index (χ1n) is 6.73. The zero-order valence-corrected chi connectivity index (χ0v) is 11.5. The molecule has 9 atom stereocenters. The summed E-state index contributed by atoms with van der Waals surface area (Å²) in [7, 11) is 0. The van der Waals surface area contributed by atoms with Crippen molar-refractivity contribution in [3.63, 3.8) is 0 Å². The van der Waals surface area contributed by atoms with Crippen molar-refractivity contribution in [1.82, 2.24) is 0 Å². The molecule has 2 fully saturated rings. The van der Waals surface area contributed by atoms with E-state index in [2.05, 4.69) is 6.42 Å². The fourth-order valence-corrected chi connectivity index (χ4v) is 2.32. The molecular formula is C12H20O10. The highest BCUT2D eigenvalue weighted by Gasteiger charge is 2.48. The molecule has 9 unspecified atom stereocenters. The van der Waals surface area contributed by atoms with E-state index in [-0.39, 0.29) is 0 Å². The minimum atomic E-state index is -1.71. The van der Waals surface area contributed by atoms with Crippen molar-refractivity contribution in [2.75, 3.05) is 13.2 Å². The lowest BCUT2D eigenvalue weighted by atomic mass is 9.98. The molecule has 0 aliphatic carbocycles. The minimum Gasteiger partial charge on any atom is -0.394 e. The van der Waals surface area contributed by atoms with Gasteiger partial charge in [0.05, 0.1) is 31.8 Å². The van der Waals surface area contributed by atoms with Gasteiger partial charge >= 0.3 is 0 Å². The maximum atomic E-state index is 9.92. The van der Waals surface area contributed by atoms with Gasteiger partial charge in [0.2, 0.25) is 0 Å². The van der Waals surface area contributed by atoms with E-state index in [1.54, 1.807) is 0 Å². The van der Waals surface area contributed by atoms with Crippen LogP contribution in [-0.2, 0) is 14.2 Å². The molecule has 0 aromatic heterocycles. The second-order valence-corrected chi connectivity index (χ2v) is 5.11. The molecule has 0 saturated carbocycles. The molecule has 2 aliphatic heterocycles. The van der Waals surface area contributed by atoms with E-state index in [0.29, 0.717) is 0 Å². The van der Waals surface area contributed by atoms with Gasteiger partial charge in [0.1, 0.15) is 30.5 Å². The Morgan fingerprint density at radius 3 is 2.14 bits per heavy atom. The summed E-state index contributed by atoms with van der Waals surface area (Å²) in [5, 5.41) is 66.5. The van der Waals surface area contributed by atoms with E-state index in [1.807, 2.05) is 0 Å². The third-order valence-electron chi connectivity index (χ3n) is 3.55. The van der Waals surface area contributed by atoms with E-state index in [4.69, 9.17) is 19.3 Å². The molecule has 0 amide bonds. The summed E-state index contributed by atoms with van der Waals surface area (Å²) in [6, 6.07) is 0. The van der Waals surface area contributed by atoms with Gasteiger partial charge in [0.25, 0.3) is 0 Å². The van der Waals surface area contributed by atoms with Gasteiger partial charge in [-0.05, 0) is 0 Å². The summed E-state index contributed by atoms with van der Waals surface area (Å²) in [5.74, 6) is 0. The van der Waals surface area contributed by atoms with Crippen LogP contribution < -0.4 is 0 Å². The van der Waals surface area contributed by atoms with Crippen LogP contribution in [0.1, 0.15) is 0 Å². The van der Waals surface area contributed by atoms with Crippen LogP contribution in [0.5, 0.6) is 0 Å². The van der Waals surface area contributed by atoms with Crippen LogP contribution in [-0.4, -0.2) is 104 Å². The van der Waals surface area contributed by atoms with Crippen molar-refractivity contribution in [1.29, 1.82) is 0 Å². The van der Waals surface area contributed by atoms with Crippen molar-refractivity contribution in [2.24, 2.45) is 0 Å². The van der Waals surface area contributed by atoms with E-state index < -0.39 is 68.5 Å². The number of ether oxygens (including phenoxy) is 3. The fourth-order valence-electron chi connectivity index (χ4n) is 2.32. The predicted molar refractivity (Wildman–Crippen MR) is 65.9 cm³/mol. The van der Waals surface area contributed by atoms with E-state index in [0.717, 1.165) is 0 Å². The van der Waals surface area contributed by atoms with Gasteiger partial charge in [-0.1, -0.05) is 0 Å². The van der Waals surface area contributed by atoms with Gasteiger partial charge in [-0.2, -0.15) is 0 Å². The van der Waals surface area contributed by atoms with Gasteiger partial charge in [-0.3, -0.25) is 0 Å². The summed E-state index contributed by atoms with van der Waals surface area (Å²) in [6.07, 6.45) is -10.7. The van der Waals surface area contributed by atoms with E-state index in [1.165, 1.54) is 0 Å². The Morgan fingerprint density at radius 1 is 0.864 bits per heavy atom. The Morgan fingerprint density at radius 2 is 1.55 bits per heavy atom. The highest BCUT2D eigenvalue weighted by atomic mass is 16.7. The second-order valence-electron chi connectivity index (χ2n) is 5.11. The second kappa shape index (κ2) is 7.45. The molecule has 22 heavy (non-hydrogen) atoms. The third-order valence-corrected chi connectivity index (χ3v) is 3.55. The van der Waals surface area contributed by atoms with Crippen molar-refractivity contribution in [2.45, 2.75) is 55.3 Å². The maximum Gasteiger partial charge on any atom is 0.187 e. The van der Waals surface area contributed by atoms with Crippen molar-refractivity contribution >= 4 is 0 Å². The lowest BCUT2D eigenvalue weighted by molar-refractivity contribution is -0.339. The molecule has 2 aliphatic rings. The first kappa shape index (κ1) is 17.9. The van der Waals surface area contributed by atoms with Gasteiger partial charge in [-0.25, -0.2) is 0 Å². The standard InChI is InChI=1S/C12H20O10/c13-2-4-1-5(15)7(16)12(20-4)22-10-6(3-14)21-11(19)9(18)8(10)17/h4-19H,2-3H2. The molecular weight excluding hydrogens is 304 g/mol. The van der Waals surface area contributed by atoms with E-state index >= 15 is 0 Å². The predicted octanol–water partition coefficient (Wildman–Crippen LogP) is -4.68. The zero-order chi connectivity index (χ0) is 16.4. The molecule has 0 bridgehead atoms. The molecule has 2 saturated heterocycles. The van der Waals surface area contributed by atoms with Crippen molar-refractivity contribution in [3.05, 3.63) is 6.42 Å². The lowest BCUT2D eigenvalue weighted by Gasteiger charge is -2.43. The van der Waals surface area contributed by atoms with Crippen LogP contribution in [0.25, 0.3) is 0 Å². The summed E-state index contributed by atoms with van der Waals surface area (Å²) in [6.45, 7) is -1.16. The summed E-state index contributed by atoms with van der Waals surface area (Å²) in [4.78, 5) is 0. The summed E-state index contributed by atoms with van der Waals surface area (Å²) >= 11 is 0. The topological polar surface area (TPSA) is 169 Å². The van der Waals surface area contributed by atoms with E-state index in [9.17, 15) is 30.6 Å². The maximum absolute atomic E-state index is 9.92. The van der Waals surface area contributed by atoms with Crippen LogP contribution in [0, 0.1) is 6.42 Å². The monoisotopic (exact) mass is 324 g/mol. The summed E-state index contributed by atoms with van der Waals surface area (Å²) in [5.41, 5.74) is 0. The fraction of sp³-hybridized carbons (Fsp3) is 0.917. The zero-order valence-electron chi connectivity index (χ0n) is 11.5. The van der Waals surface area contributed by atoms with Crippen molar-refractivity contribution in [3.8, 4) is 0 Å². The number of aliphatic hydroxyl groups is 7. The minimum absolute atomic E-state index is 0.516. The van der Waals surface area contributed by atoms with Gasteiger partial charge in [-0.15, -0.1) is 0 Å². The summed E-state index contributed by atoms with van der Waals surface area (Å²) < 4.78 is 15.3. The van der Waals surface area contributed by atoms with Gasteiger partial charge in [0, 0.05) is 0 Å². The molecule has 0 aromatic carbocycles. The number of aliphatic hydroxyl groups excluding tert-OH is 7. The quantitative estimate of drug-likeness (QED) is 0.267. The average Bonchev–Trinajstić information content (AvgIpc) is 2.51. The highest BCUT2D eigenvalue weighted by molar-refractivity contribution is 4.97. The first-order valence-corrected chi connectivity index (χ1v) is 6.73. The molecule has 0 aromatic rings. The molecule has 128 valence electrons. The first-order chi connectivity index (χ1) is 10.4. The van der Waals surface area contributed by atoms with Crippen LogP contribution in [0.15, 0.2) is 0 Å². The Bertz CT molecular complexity index is 353. The van der Waals surface area contributed by atoms with Crippen LogP contribution in [0.4, 0.5) is 0 Å². The molecule has 10 nitrogen and oxygen atoms in total. The SMILES string of the molecule is OCC1[C]C(O)C(O)C(OC2C(CO)OC(O)C(O)C2O)O1. The lowest BCUT2D eigenvalue weighted by Crippen LogP contribution is -2.62. The number of hydrogen-bond donors (Lipinski definition) is 7. The number of hydrogen-bond acceptors (Lipinski definition) is 10. The normalized spacial score (nSPS) is 50.0. The smallest absolute Gasteiger partial charge is 0.187 e. The Labute approximate surface area is 126 Å². The highest BCUT2D eigenvalue weighted by Crippen LogP contribution is 2.27. The van der Waals surface area contributed by atoms with Gasteiger partial charge < -0.3 is 50.0 Å². The Balaban J connectivity index is 2.08. The van der Waals surface area contributed by atoms with Gasteiger partial charge in [0.15, 0.2) is 12.6 Å². The molecule has 7 N–H and O–H groups in total. The largest absolute Gasteiger partial charge is 0.394 e. The Kier molecular flexibility index (Phi) is 6.07.